The van der Waals surface area contributed by atoms with E-state index in [4.69, 9.17) is 4.74 Å². The number of carbonyl (C=O) groups is 4. The predicted molar refractivity (Wildman–Crippen MR) is 95.8 cm³/mol. The molecule has 1 fully saturated rings. The molecular formula is C17H21N3O5S. The molecule has 1 atom stereocenters. The summed E-state index contributed by atoms with van der Waals surface area (Å²) in [6.45, 7) is 4.86. The fourth-order valence-corrected chi connectivity index (χ4v) is 3.37. The van der Waals surface area contributed by atoms with Crippen molar-refractivity contribution in [2.75, 3.05) is 12.4 Å². The summed E-state index contributed by atoms with van der Waals surface area (Å²) >= 11 is 1.25. The molecule has 8 nitrogen and oxygen atoms in total. The van der Waals surface area contributed by atoms with Gasteiger partial charge in [0, 0.05) is 16.7 Å². The molecule has 4 amide bonds. The van der Waals surface area contributed by atoms with Gasteiger partial charge < -0.3 is 15.4 Å². The second-order valence-corrected chi connectivity index (χ2v) is 7.34. The molecule has 3 N–H and O–H groups in total. The summed E-state index contributed by atoms with van der Waals surface area (Å²) in [4.78, 5) is 47.7. The van der Waals surface area contributed by atoms with Gasteiger partial charge >= 0.3 is 12.0 Å². The Bertz CT molecular complexity index is 737. The molecule has 140 valence electrons. The second kappa shape index (κ2) is 8.22. The molecule has 0 bridgehead atoms. The van der Waals surface area contributed by atoms with E-state index in [1.165, 1.54) is 11.8 Å². The SMILES string of the molecule is CC(C)NC(=O)COC(=O)c1ccccc1SC[C@@]1(C)NC(=O)NC1=O. The third kappa shape index (κ3) is 4.98. The molecule has 0 radical (unpaired) electrons. The molecule has 0 aromatic heterocycles. The molecule has 1 aliphatic rings. The van der Waals surface area contributed by atoms with E-state index in [1.54, 1.807) is 31.2 Å². The second-order valence-electron chi connectivity index (χ2n) is 6.32. The van der Waals surface area contributed by atoms with Crippen molar-refractivity contribution >= 4 is 35.6 Å². The number of thioether (sulfide) groups is 1. The largest absolute Gasteiger partial charge is 0.452 e. The highest BCUT2D eigenvalue weighted by atomic mass is 32.2. The van der Waals surface area contributed by atoms with Gasteiger partial charge in [-0.2, -0.15) is 0 Å². The van der Waals surface area contributed by atoms with Crippen LogP contribution in [-0.4, -0.2) is 47.8 Å². The average Bonchev–Trinajstić information content (AvgIpc) is 2.83. The lowest BCUT2D eigenvalue weighted by molar-refractivity contribution is -0.124. The molecule has 26 heavy (non-hydrogen) atoms. The van der Waals surface area contributed by atoms with E-state index in [2.05, 4.69) is 16.0 Å². The number of benzene rings is 1. The van der Waals surface area contributed by atoms with Gasteiger partial charge in [0.25, 0.3) is 11.8 Å². The number of urea groups is 1. The van der Waals surface area contributed by atoms with Crippen molar-refractivity contribution in [3.63, 3.8) is 0 Å². The number of imide groups is 1. The van der Waals surface area contributed by atoms with E-state index in [-0.39, 0.29) is 24.3 Å². The molecule has 9 heteroatoms. The molecule has 0 spiro atoms. The molecule has 1 heterocycles. The van der Waals surface area contributed by atoms with E-state index in [1.807, 2.05) is 13.8 Å². The number of ether oxygens (including phenoxy) is 1. The van der Waals surface area contributed by atoms with Crippen LogP contribution < -0.4 is 16.0 Å². The summed E-state index contributed by atoms with van der Waals surface area (Å²) in [6.07, 6.45) is 0. The molecule has 1 saturated heterocycles. The molecule has 1 aliphatic heterocycles. The Morgan fingerprint density at radius 2 is 1.96 bits per heavy atom. The summed E-state index contributed by atoms with van der Waals surface area (Å²) in [5.74, 6) is -1.18. The van der Waals surface area contributed by atoms with Crippen LogP contribution in [0.4, 0.5) is 4.79 Å². The Morgan fingerprint density at radius 1 is 1.27 bits per heavy atom. The number of amides is 4. The van der Waals surface area contributed by atoms with Crippen molar-refractivity contribution in [1.29, 1.82) is 0 Å². The highest BCUT2D eigenvalue weighted by Crippen LogP contribution is 2.28. The first-order valence-electron chi connectivity index (χ1n) is 8.03. The third-order valence-electron chi connectivity index (χ3n) is 3.52. The van der Waals surface area contributed by atoms with Crippen molar-refractivity contribution in [2.45, 2.75) is 37.2 Å². The first-order valence-corrected chi connectivity index (χ1v) is 9.02. The summed E-state index contributed by atoms with van der Waals surface area (Å²) in [6, 6.07) is 6.15. The normalized spacial score (nSPS) is 19.1. The molecule has 1 aromatic carbocycles. The fourth-order valence-electron chi connectivity index (χ4n) is 2.24. The highest BCUT2D eigenvalue weighted by molar-refractivity contribution is 7.99. The number of carbonyl (C=O) groups excluding carboxylic acids is 4. The Balaban J connectivity index is 2.01. The number of hydrogen-bond acceptors (Lipinski definition) is 6. The van der Waals surface area contributed by atoms with Gasteiger partial charge in [0.1, 0.15) is 5.54 Å². The van der Waals surface area contributed by atoms with Crippen LogP contribution in [0.3, 0.4) is 0 Å². The first-order chi connectivity index (χ1) is 12.2. The van der Waals surface area contributed by atoms with E-state index >= 15 is 0 Å². The van der Waals surface area contributed by atoms with Crippen molar-refractivity contribution in [3.05, 3.63) is 29.8 Å². The Kier molecular flexibility index (Phi) is 6.25. The average molecular weight is 379 g/mol. The molecule has 1 aromatic rings. The van der Waals surface area contributed by atoms with Gasteiger partial charge in [-0.05, 0) is 32.9 Å². The maximum absolute atomic E-state index is 12.3. The van der Waals surface area contributed by atoms with E-state index in [9.17, 15) is 19.2 Å². The van der Waals surface area contributed by atoms with Gasteiger partial charge in [-0.25, -0.2) is 9.59 Å². The zero-order valence-corrected chi connectivity index (χ0v) is 15.6. The summed E-state index contributed by atoms with van der Waals surface area (Å²) < 4.78 is 5.05. The van der Waals surface area contributed by atoms with Crippen LogP contribution in [-0.2, 0) is 14.3 Å². The summed E-state index contributed by atoms with van der Waals surface area (Å²) in [7, 11) is 0. The Morgan fingerprint density at radius 3 is 2.58 bits per heavy atom. The number of esters is 1. The standard InChI is InChI=1S/C17H21N3O5S/c1-10(2)18-13(21)8-25-14(22)11-6-4-5-7-12(11)26-9-17(3)15(23)19-16(24)20-17/h4-7,10H,8-9H2,1-3H3,(H,18,21)(H2,19,20,23,24)/t17-/m1/s1. The molecular weight excluding hydrogens is 358 g/mol. The number of rotatable bonds is 7. The van der Waals surface area contributed by atoms with Crippen LogP contribution in [0.25, 0.3) is 0 Å². The smallest absolute Gasteiger partial charge is 0.339 e. The minimum atomic E-state index is -1.06. The Labute approximate surface area is 155 Å². The topological polar surface area (TPSA) is 114 Å². The Hall–Kier alpha value is -2.55. The fraction of sp³-hybridized carbons (Fsp3) is 0.412. The number of nitrogens with one attached hydrogen (secondary N) is 3. The first kappa shape index (κ1) is 19.8. The lowest BCUT2D eigenvalue weighted by Gasteiger charge is -2.20. The predicted octanol–water partition coefficient (Wildman–Crippen LogP) is 1.06. The minimum Gasteiger partial charge on any atom is -0.452 e. The van der Waals surface area contributed by atoms with E-state index in [0.29, 0.717) is 10.5 Å². The van der Waals surface area contributed by atoms with Gasteiger partial charge in [0.2, 0.25) is 0 Å². The van der Waals surface area contributed by atoms with Crippen LogP contribution in [0.15, 0.2) is 29.2 Å². The van der Waals surface area contributed by atoms with Gasteiger partial charge in [0.15, 0.2) is 6.61 Å². The zero-order chi connectivity index (χ0) is 19.3. The summed E-state index contributed by atoms with van der Waals surface area (Å²) in [5, 5.41) is 7.39. The van der Waals surface area contributed by atoms with Gasteiger partial charge in [-0.15, -0.1) is 11.8 Å². The lowest BCUT2D eigenvalue weighted by Crippen LogP contribution is -2.46. The van der Waals surface area contributed by atoms with Crippen LogP contribution in [0.2, 0.25) is 0 Å². The van der Waals surface area contributed by atoms with Crippen LogP contribution in [0.5, 0.6) is 0 Å². The van der Waals surface area contributed by atoms with Crippen LogP contribution in [0.1, 0.15) is 31.1 Å². The van der Waals surface area contributed by atoms with Gasteiger partial charge in [0.05, 0.1) is 5.56 Å². The van der Waals surface area contributed by atoms with Crippen molar-refractivity contribution in [2.24, 2.45) is 0 Å². The van der Waals surface area contributed by atoms with Crippen molar-refractivity contribution in [1.82, 2.24) is 16.0 Å². The highest BCUT2D eigenvalue weighted by Gasteiger charge is 2.41. The number of hydrogen-bond donors (Lipinski definition) is 3. The monoisotopic (exact) mass is 379 g/mol. The summed E-state index contributed by atoms with van der Waals surface area (Å²) in [5.41, 5.74) is -0.765. The maximum Gasteiger partial charge on any atom is 0.339 e. The van der Waals surface area contributed by atoms with Crippen molar-refractivity contribution in [3.8, 4) is 0 Å². The third-order valence-corrected chi connectivity index (χ3v) is 4.91. The molecule has 0 aliphatic carbocycles. The van der Waals surface area contributed by atoms with E-state index < -0.39 is 23.4 Å². The molecule has 0 saturated carbocycles. The maximum atomic E-state index is 12.3. The van der Waals surface area contributed by atoms with Crippen molar-refractivity contribution < 1.29 is 23.9 Å². The minimum absolute atomic E-state index is 0.0439. The lowest BCUT2D eigenvalue weighted by atomic mass is 10.1. The van der Waals surface area contributed by atoms with E-state index in [0.717, 1.165) is 0 Å². The quantitative estimate of drug-likeness (QED) is 0.371. The van der Waals surface area contributed by atoms with Crippen LogP contribution in [0, 0.1) is 0 Å². The van der Waals surface area contributed by atoms with Gasteiger partial charge in [-0.3, -0.25) is 14.9 Å². The van der Waals surface area contributed by atoms with Gasteiger partial charge in [-0.1, -0.05) is 12.1 Å². The van der Waals surface area contributed by atoms with Crippen LogP contribution >= 0.6 is 11.8 Å². The zero-order valence-electron chi connectivity index (χ0n) is 14.8. The molecule has 2 rings (SSSR count). The molecule has 0 unspecified atom stereocenters.